The van der Waals surface area contributed by atoms with Gasteiger partial charge in [0.25, 0.3) is 5.91 Å². The van der Waals surface area contributed by atoms with Gasteiger partial charge in [0.05, 0.1) is 0 Å². The lowest BCUT2D eigenvalue weighted by molar-refractivity contribution is 0.0943. The number of fused-ring (bicyclic) bond motifs is 1. The Hall–Kier alpha value is -2.14. The van der Waals surface area contributed by atoms with E-state index in [1.165, 1.54) is 0 Å². The number of amides is 1. The number of aryl methyl sites for hydroxylation is 2. The van der Waals surface area contributed by atoms with Crippen molar-refractivity contribution < 1.29 is 9.90 Å². The molecule has 0 saturated carbocycles. The maximum Gasteiger partial charge on any atom is 0.269 e. The Balaban J connectivity index is 1.79. The third-order valence-corrected chi connectivity index (χ3v) is 4.62. The molecule has 1 fully saturated rings. The molecule has 2 aromatic rings. The number of aromatic nitrogens is 1. The molecule has 0 bridgehead atoms. The van der Waals surface area contributed by atoms with E-state index in [0.717, 1.165) is 36.0 Å². The van der Waals surface area contributed by atoms with Crippen LogP contribution in [0.1, 0.15) is 28.0 Å². The Labute approximate surface area is 136 Å². The number of phenolic OH excluding ortho intramolecular Hbond substituents is 1. The summed E-state index contributed by atoms with van der Waals surface area (Å²) in [6, 6.07) is 5.50. The van der Waals surface area contributed by atoms with Gasteiger partial charge in [-0.3, -0.25) is 4.79 Å². The molecule has 0 unspecified atom stereocenters. The van der Waals surface area contributed by atoms with Crippen molar-refractivity contribution >= 4 is 16.8 Å². The highest BCUT2D eigenvalue weighted by atomic mass is 16.3. The van der Waals surface area contributed by atoms with E-state index < -0.39 is 0 Å². The Morgan fingerprint density at radius 1 is 1.39 bits per heavy atom. The topological polar surface area (TPSA) is 65.5 Å². The molecule has 1 aliphatic rings. The van der Waals surface area contributed by atoms with E-state index in [-0.39, 0.29) is 11.7 Å². The van der Waals surface area contributed by atoms with E-state index in [1.807, 2.05) is 26.0 Å². The van der Waals surface area contributed by atoms with Gasteiger partial charge in [-0.05, 0) is 57.0 Å². The van der Waals surface area contributed by atoms with Crippen LogP contribution in [0.4, 0.5) is 0 Å². The minimum absolute atomic E-state index is 0.151. The van der Waals surface area contributed by atoms with Gasteiger partial charge in [0, 0.05) is 18.5 Å². The fraction of sp³-hybridized carbons (Fsp3) is 0.444. The zero-order valence-corrected chi connectivity index (χ0v) is 13.9. The lowest BCUT2D eigenvalue weighted by atomic mass is 10.0. The number of likely N-dealkylation sites (tertiary alicyclic amines) is 1. The van der Waals surface area contributed by atoms with Gasteiger partial charge in [0.15, 0.2) is 0 Å². The number of nitrogens with one attached hydrogen (secondary N) is 1. The van der Waals surface area contributed by atoms with E-state index in [1.54, 1.807) is 6.07 Å². The highest BCUT2D eigenvalue weighted by Gasteiger charge is 2.20. The molecule has 2 N–H and O–H groups in total. The molecular formula is C18H23N3O2. The molecule has 3 rings (SSSR count). The number of aromatic hydroxyl groups is 1. The van der Waals surface area contributed by atoms with Gasteiger partial charge in [-0.15, -0.1) is 0 Å². The SMILES string of the molecule is Cc1cc(C)c2ccc(C(=O)NC[C@H]3CCN(C)C3)nc2c1O. The van der Waals surface area contributed by atoms with Crippen LogP contribution in [0.25, 0.3) is 10.9 Å². The Morgan fingerprint density at radius 3 is 2.87 bits per heavy atom. The first-order valence-electron chi connectivity index (χ1n) is 8.02. The van der Waals surface area contributed by atoms with Crippen LogP contribution in [0.5, 0.6) is 5.75 Å². The van der Waals surface area contributed by atoms with Crippen molar-refractivity contribution in [2.45, 2.75) is 20.3 Å². The molecule has 5 heteroatoms. The summed E-state index contributed by atoms with van der Waals surface area (Å²) >= 11 is 0. The predicted molar refractivity (Wildman–Crippen MR) is 90.8 cm³/mol. The van der Waals surface area contributed by atoms with E-state index in [4.69, 9.17) is 0 Å². The van der Waals surface area contributed by atoms with Crippen molar-refractivity contribution in [3.8, 4) is 5.75 Å². The molecule has 0 spiro atoms. The predicted octanol–water partition coefficient (Wildman–Crippen LogP) is 2.24. The van der Waals surface area contributed by atoms with Crippen molar-refractivity contribution in [2.24, 2.45) is 5.92 Å². The Bertz CT molecular complexity index is 758. The van der Waals surface area contributed by atoms with E-state index in [0.29, 0.717) is 23.7 Å². The van der Waals surface area contributed by atoms with Crippen molar-refractivity contribution in [1.82, 2.24) is 15.2 Å². The van der Waals surface area contributed by atoms with Crippen molar-refractivity contribution in [3.63, 3.8) is 0 Å². The smallest absolute Gasteiger partial charge is 0.269 e. The van der Waals surface area contributed by atoms with Crippen LogP contribution in [0.2, 0.25) is 0 Å². The highest BCUT2D eigenvalue weighted by Crippen LogP contribution is 2.29. The van der Waals surface area contributed by atoms with Gasteiger partial charge in [-0.25, -0.2) is 4.98 Å². The quantitative estimate of drug-likeness (QED) is 0.912. The summed E-state index contributed by atoms with van der Waals surface area (Å²) in [6.45, 7) is 6.59. The molecule has 1 aromatic heterocycles. The van der Waals surface area contributed by atoms with Gasteiger partial charge in [-0.2, -0.15) is 0 Å². The fourth-order valence-electron chi connectivity index (χ4n) is 3.26. The number of phenols is 1. The van der Waals surface area contributed by atoms with Gasteiger partial charge < -0.3 is 15.3 Å². The lowest BCUT2D eigenvalue weighted by Crippen LogP contribution is -2.31. The summed E-state index contributed by atoms with van der Waals surface area (Å²) in [5.41, 5.74) is 2.66. The summed E-state index contributed by atoms with van der Waals surface area (Å²) < 4.78 is 0. The van der Waals surface area contributed by atoms with Crippen LogP contribution in [-0.4, -0.2) is 47.6 Å². The molecule has 0 aliphatic carbocycles. The van der Waals surface area contributed by atoms with Gasteiger partial charge in [0.1, 0.15) is 17.0 Å². The molecular weight excluding hydrogens is 290 g/mol. The van der Waals surface area contributed by atoms with E-state index >= 15 is 0 Å². The molecule has 0 radical (unpaired) electrons. The van der Waals surface area contributed by atoms with Crippen LogP contribution in [0, 0.1) is 19.8 Å². The molecule has 2 heterocycles. The second-order valence-electron chi connectivity index (χ2n) is 6.58. The van der Waals surface area contributed by atoms with Crippen molar-refractivity contribution in [1.29, 1.82) is 0 Å². The lowest BCUT2D eigenvalue weighted by Gasteiger charge is -2.12. The number of carbonyl (C=O) groups is 1. The molecule has 1 atom stereocenters. The molecule has 23 heavy (non-hydrogen) atoms. The number of rotatable bonds is 3. The van der Waals surface area contributed by atoms with Crippen molar-refractivity contribution in [3.05, 3.63) is 35.0 Å². The van der Waals surface area contributed by atoms with Gasteiger partial charge in [-0.1, -0.05) is 12.1 Å². The number of hydrogen-bond acceptors (Lipinski definition) is 4. The molecule has 1 aliphatic heterocycles. The molecule has 1 amide bonds. The molecule has 1 aromatic carbocycles. The molecule has 1 saturated heterocycles. The highest BCUT2D eigenvalue weighted by molar-refractivity contribution is 5.97. The summed E-state index contributed by atoms with van der Waals surface area (Å²) in [5.74, 6) is 0.472. The number of hydrogen-bond donors (Lipinski definition) is 2. The van der Waals surface area contributed by atoms with Crippen LogP contribution in [-0.2, 0) is 0 Å². The maximum atomic E-state index is 12.3. The molecule has 5 nitrogen and oxygen atoms in total. The second kappa shape index (κ2) is 6.16. The van der Waals surface area contributed by atoms with Gasteiger partial charge >= 0.3 is 0 Å². The summed E-state index contributed by atoms with van der Waals surface area (Å²) in [4.78, 5) is 19.0. The monoisotopic (exact) mass is 313 g/mol. The van der Waals surface area contributed by atoms with Crippen LogP contribution >= 0.6 is 0 Å². The standard InChI is InChI=1S/C18H23N3O2/c1-11-8-12(2)17(22)16-14(11)4-5-15(20-16)18(23)19-9-13-6-7-21(3)10-13/h4-5,8,13,22H,6-7,9-10H2,1-3H3,(H,19,23)/t13-/m1/s1. The Kier molecular flexibility index (Phi) is 4.22. The molecule has 122 valence electrons. The second-order valence-corrected chi connectivity index (χ2v) is 6.58. The third kappa shape index (κ3) is 3.15. The minimum Gasteiger partial charge on any atom is -0.505 e. The fourth-order valence-corrected chi connectivity index (χ4v) is 3.26. The minimum atomic E-state index is -0.181. The number of pyridine rings is 1. The van der Waals surface area contributed by atoms with Crippen molar-refractivity contribution in [2.75, 3.05) is 26.7 Å². The van der Waals surface area contributed by atoms with Crippen LogP contribution in [0.15, 0.2) is 18.2 Å². The largest absolute Gasteiger partial charge is 0.505 e. The van der Waals surface area contributed by atoms with E-state index in [9.17, 15) is 9.90 Å². The first-order valence-corrected chi connectivity index (χ1v) is 8.02. The Morgan fingerprint density at radius 2 is 2.17 bits per heavy atom. The third-order valence-electron chi connectivity index (χ3n) is 4.62. The first-order chi connectivity index (χ1) is 11.0. The van der Waals surface area contributed by atoms with Gasteiger partial charge in [0.2, 0.25) is 0 Å². The zero-order chi connectivity index (χ0) is 16.6. The average molecular weight is 313 g/mol. The number of carbonyl (C=O) groups excluding carboxylic acids is 1. The maximum absolute atomic E-state index is 12.3. The average Bonchev–Trinajstić information content (AvgIpc) is 2.95. The summed E-state index contributed by atoms with van der Waals surface area (Å²) in [7, 11) is 2.10. The zero-order valence-electron chi connectivity index (χ0n) is 13.9. The normalized spacial score (nSPS) is 18.5. The number of nitrogens with zero attached hydrogens (tertiary/aromatic N) is 2. The van der Waals surface area contributed by atoms with Crippen LogP contribution < -0.4 is 5.32 Å². The van der Waals surface area contributed by atoms with E-state index in [2.05, 4.69) is 22.2 Å². The first kappa shape index (κ1) is 15.7. The summed E-state index contributed by atoms with van der Waals surface area (Å²) in [6.07, 6.45) is 1.11. The van der Waals surface area contributed by atoms with Crippen LogP contribution in [0.3, 0.4) is 0 Å². The number of benzene rings is 1. The summed E-state index contributed by atoms with van der Waals surface area (Å²) in [5, 5.41) is 14.1.